The van der Waals surface area contributed by atoms with Crippen molar-refractivity contribution in [2.24, 2.45) is 4.99 Å². The van der Waals surface area contributed by atoms with Crippen molar-refractivity contribution in [2.75, 3.05) is 19.7 Å². The van der Waals surface area contributed by atoms with Crippen LogP contribution in [-0.2, 0) is 0 Å². The van der Waals surface area contributed by atoms with Gasteiger partial charge < -0.3 is 15.4 Å². The minimum absolute atomic E-state index is 0.370. The summed E-state index contributed by atoms with van der Waals surface area (Å²) in [5.41, 5.74) is 1.15. The van der Waals surface area contributed by atoms with E-state index in [1.54, 1.807) is 0 Å². The molecule has 0 heterocycles. The maximum Gasteiger partial charge on any atom is 0.191 e. The second-order valence-electron chi connectivity index (χ2n) is 4.67. The van der Waals surface area contributed by atoms with Crippen LogP contribution in [0.25, 0.3) is 0 Å². The van der Waals surface area contributed by atoms with Crippen molar-refractivity contribution in [1.82, 2.24) is 10.6 Å². The third kappa shape index (κ3) is 6.13. The Hall–Kier alpha value is -1.71. The van der Waals surface area contributed by atoms with E-state index in [-0.39, 0.29) is 0 Å². The first-order valence-corrected chi connectivity index (χ1v) is 6.86. The number of nitrogens with zero attached hydrogens (tertiary/aromatic N) is 1. The van der Waals surface area contributed by atoms with Crippen molar-refractivity contribution in [3.8, 4) is 5.75 Å². The van der Waals surface area contributed by atoms with E-state index in [9.17, 15) is 0 Å². The van der Waals surface area contributed by atoms with E-state index >= 15 is 0 Å². The average molecular weight is 263 g/mol. The lowest BCUT2D eigenvalue weighted by atomic mass is 10.2. The molecule has 0 radical (unpaired) electrons. The Bertz CT molecular complexity index is 402. The minimum atomic E-state index is 0.370. The topological polar surface area (TPSA) is 45.7 Å². The van der Waals surface area contributed by atoms with Gasteiger partial charge in [-0.05, 0) is 39.3 Å². The van der Waals surface area contributed by atoms with Gasteiger partial charge in [-0.15, -0.1) is 0 Å². The second kappa shape index (κ2) is 8.40. The van der Waals surface area contributed by atoms with Crippen LogP contribution in [0.15, 0.2) is 29.3 Å². The van der Waals surface area contributed by atoms with Gasteiger partial charge in [-0.25, -0.2) is 4.99 Å². The number of benzene rings is 1. The first kappa shape index (κ1) is 15.3. The first-order chi connectivity index (χ1) is 9.13. The van der Waals surface area contributed by atoms with Crippen molar-refractivity contribution in [3.63, 3.8) is 0 Å². The second-order valence-corrected chi connectivity index (χ2v) is 4.67. The van der Waals surface area contributed by atoms with E-state index in [1.165, 1.54) is 0 Å². The highest BCUT2D eigenvalue weighted by atomic mass is 16.5. The Morgan fingerprint density at radius 3 is 2.68 bits per heavy atom. The molecular weight excluding hydrogens is 238 g/mol. The number of ether oxygens (including phenoxy) is 1. The molecule has 0 bridgehead atoms. The van der Waals surface area contributed by atoms with Gasteiger partial charge >= 0.3 is 0 Å². The average Bonchev–Trinajstić information content (AvgIpc) is 2.36. The smallest absolute Gasteiger partial charge is 0.191 e. The number of nitrogens with one attached hydrogen (secondary N) is 2. The highest BCUT2D eigenvalue weighted by molar-refractivity contribution is 5.79. The summed E-state index contributed by atoms with van der Waals surface area (Å²) >= 11 is 0. The molecule has 4 heteroatoms. The molecule has 0 spiro atoms. The summed E-state index contributed by atoms with van der Waals surface area (Å²) in [6, 6.07) is 8.39. The monoisotopic (exact) mass is 263 g/mol. The molecular formula is C15H25N3O. The number of rotatable bonds is 6. The fourth-order valence-corrected chi connectivity index (χ4v) is 1.62. The van der Waals surface area contributed by atoms with Crippen LogP contribution in [0.1, 0.15) is 26.3 Å². The molecule has 4 nitrogen and oxygen atoms in total. The quantitative estimate of drug-likeness (QED) is 0.470. The fraction of sp³-hybridized carbons (Fsp3) is 0.533. The van der Waals surface area contributed by atoms with Gasteiger partial charge in [0.1, 0.15) is 12.4 Å². The number of guanidine groups is 1. The van der Waals surface area contributed by atoms with E-state index < -0.39 is 0 Å². The van der Waals surface area contributed by atoms with Gasteiger partial charge in [0, 0.05) is 12.6 Å². The van der Waals surface area contributed by atoms with Crippen molar-refractivity contribution >= 4 is 5.96 Å². The maximum atomic E-state index is 5.71. The van der Waals surface area contributed by atoms with Crippen LogP contribution in [0.4, 0.5) is 0 Å². The van der Waals surface area contributed by atoms with Crippen LogP contribution in [0.5, 0.6) is 5.75 Å². The van der Waals surface area contributed by atoms with E-state index in [1.807, 2.05) is 31.2 Å². The molecule has 0 amide bonds. The number of hydrogen-bond acceptors (Lipinski definition) is 2. The highest BCUT2D eigenvalue weighted by Crippen LogP contribution is 2.15. The molecule has 106 valence electrons. The maximum absolute atomic E-state index is 5.71. The lowest BCUT2D eigenvalue weighted by Crippen LogP contribution is -2.41. The Kier molecular flexibility index (Phi) is 6.79. The SMILES string of the molecule is CCNC(=NCCOc1ccccc1C)NC(C)C. The van der Waals surface area contributed by atoms with Crippen LogP contribution in [0.2, 0.25) is 0 Å². The predicted octanol–water partition coefficient (Wildman–Crippen LogP) is 2.34. The standard InChI is InChI=1S/C15H25N3O/c1-5-16-15(18-12(2)3)17-10-11-19-14-9-7-6-8-13(14)4/h6-9,12H,5,10-11H2,1-4H3,(H2,16,17,18). The number of hydrogen-bond donors (Lipinski definition) is 2. The Balaban J connectivity index is 2.40. The molecule has 0 aromatic heterocycles. The van der Waals surface area contributed by atoms with Crippen molar-refractivity contribution in [1.29, 1.82) is 0 Å². The molecule has 0 aliphatic rings. The van der Waals surface area contributed by atoms with Gasteiger partial charge in [-0.3, -0.25) is 0 Å². The third-order valence-electron chi connectivity index (χ3n) is 2.48. The zero-order valence-corrected chi connectivity index (χ0v) is 12.4. The molecule has 0 saturated carbocycles. The first-order valence-electron chi connectivity index (χ1n) is 6.86. The zero-order chi connectivity index (χ0) is 14.1. The van der Waals surface area contributed by atoms with Crippen molar-refractivity contribution < 1.29 is 4.74 Å². The van der Waals surface area contributed by atoms with Gasteiger partial charge in [-0.1, -0.05) is 18.2 Å². The number of aliphatic imine (C=N–C) groups is 1. The molecule has 0 fully saturated rings. The molecule has 1 aromatic rings. The third-order valence-corrected chi connectivity index (χ3v) is 2.48. The highest BCUT2D eigenvalue weighted by Gasteiger charge is 2.00. The van der Waals surface area contributed by atoms with Crippen LogP contribution >= 0.6 is 0 Å². The summed E-state index contributed by atoms with van der Waals surface area (Å²) in [6.07, 6.45) is 0. The molecule has 0 atom stereocenters. The molecule has 2 N–H and O–H groups in total. The van der Waals surface area contributed by atoms with Gasteiger partial charge in [0.25, 0.3) is 0 Å². The Labute approximate surface area is 116 Å². The molecule has 0 unspecified atom stereocenters. The van der Waals surface area contributed by atoms with Gasteiger partial charge in [0.05, 0.1) is 6.54 Å². The summed E-state index contributed by atoms with van der Waals surface area (Å²) in [5.74, 6) is 1.77. The summed E-state index contributed by atoms with van der Waals surface area (Å²) in [5, 5.41) is 6.48. The summed E-state index contributed by atoms with van der Waals surface area (Å²) in [4.78, 5) is 4.47. The van der Waals surface area contributed by atoms with E-state index in [0.717, 1.165) is 23.8 Å². The summed E-state index contributed by atoms with van der Waals surface area (Å²) < 4.78 is 5.71. The van der Waals surface area contributed by atoms with Crippen LogP contribution in [0, 0.1) is 6.92 Å². The predicted molar refractivity (Wildman–Crippen MR) is 80.9 cm³/mol. The van der Waals surface area contributed by atoms with Gasteiger partial charge in [0.2, 0.25) is 0 Å². The Morgan fingerprint density at radius 1 is 1.32 bits per heavy atom. The largest absolute Gasteiger partial charge is 0.491 e. The lowest BCUT2D eigenvalue weighted by Gasteiger charge is -2.14. The van der Waals surface area contributed by atoms with Gasteiger partial charge in [-0.2, -0.15) is 0 Å². The van der Waals surface area contributed by atoms with Gasteiger partial charge in [0.15, 0.2) is 5.96 Å². The van der Waals surface area contributed by atoms with E-state index in [2.05, 4.69) is 36.4 Å². The van der Waals surface area contributed by atoms with Crippen LogP contribution in [-0.4, -0.2) is 31.7 Å². The lowest BCUT2D eigenvalue weighted by molar-refractivity contribution is 0.326. The Morgan fingerprint density at radius 2 is 2.05 bits per heavy atom. The molecule has 0 aliphatic heterocycles. The fourth-order valence-electron chi connectivity index (χ4n) is 1.62. The van der Waals surface area contributed by atoms with Crippen molar-refractivity contribution in [2.45, 2.75) is 33.7 Å². The number of aryl methyl sites for hydroxylation is 1. The zero-order valence-electron chi connectivity index (χ0n) is 12.4. The normalized spacial score (nSPS) is 11.5. The number of para-hydroxylation sites is 1. The molecule has 19 heavy (non-hydrogen) atoms. The molecule has 0 saturated heterocycles. The van der Waals surface area contributed by atoms with E-state index in [4.69, 9.17) is 4.74 Å². The minimum Gasteiger partial charge on any atom is -0.491 e. The summed E-state index contributed by atoms with van der Waals surface area (Å²) in [6.45, 7) is 10.4. The molecule has 1 aromatic carbocycles. The summed E-state index contributed by atoms with van der Waals surface area (Å²) in [7, 11) is 0. The van der Waals surface area contributed by atoms with Crippen molar-refractivity contribution in [3.05, 3.63) is 29.8 Å². The molecule has 1 rings (SSSR count). The van der Waals surface area contributed by atoms with E-state index in [0.29, 0.717) is 19.2 Å². The molecule has 0 aliphatic carbocycles. The van der Waals surface area contributed by atoms with Crippen LogP contribution < -0.4 is 15.4 Å². The van der Waals surface area contributed by atoms with Crippen LogP contribution in [0.3, 0.4) is 0 Å².